The van der Waals surface area contributed by atoms with Gasteiger partial charge in [-0.15, -0.1) is 0 Å². The molecule has 2 N–H and O–H groups in total. The molecule has 0 bridgehead atoms. The van der Waals surface area contributed by atoms with Crippen LogP contribution in [0.5, 0.6) is 0 Å². The van der Waals surface area contributed by atoms with E-state index in [2.05, 4.69) is 26.5 Å². The minimum atomic E-state index is -0.409. The van der Waals surface area contributed by atoms with Gasteiger partial charge in [-0.05, 0) is 30.3 Å². The van der Waals surface area contributed by atoms with Gasteiger partial charge in [0.25, 0.3) is 11.8 Å². The maximum Gasteiger partial charge on any atom is 0.260 e. The fourth-order valence-electron chi connectivity index (χ4n) is 3.61. The van der Waals surface area contributed by atoms with E-state index in [0.717, 1.165) is 37.6 Å². The largest absolute Gasteiger partial charge is 0.369 e. The summed E-state index contributed by atoms with van der Waals surface area (Å²) in [6.45, 7) is 4.03. The van der Waals surface area contributed by atoms with Gasteiger partial charge in [-0.2, -0.15) is 5.26 Å². The highest BCUT2D eigenvalue weighted by Crippen LogP contribution is 2.25. The molecule has 4 rings (SSSR count). The number of benzene rings is 2. The molecule has 0 unspecified atom stereocenters. The van der Waals surface area contributed by atoms with E-state index in [1.807, 2.05) is 30.3 Å². The van der Waals surface area contributed by atoms with Crippen LogP contribution in [0.15, 0.2) is 54.7 Å². The highest BCUT2D eigenvalue weighted by atomic mass is 16.2. The maximum absolute atomic E-state index is 12.3. The lowest BCUT2D eigenvalue weighted by molar-refractivity contribution is -0.114. The summed E-state index contributed by atoms with van der Waals surface area (Å²) < 4.78 is 0. The van der Waals surface area contributed by atoms with Gasteiger partial charge in [0.05, 0.1) is 18.2 Å². The summed E-state index contributed by atoms with van der Waals surface area (Å²) in [6, 6.07) is 17.3. The molecule has 0 atom stereocenters. The van der Waals surface area contributed by atoms with Crippen molar-refractivity contribution < 1.29 is 9.59 Å². The van der Waals surface area contributed by atoms with Gasteiger partial charge in [0.15, 0.2) is 0 Å². The Kier molecular flexibility index (Phi) is 5.27. The van der Waals surface area contributed by atoms with Crippen molar-refractivity contribution in [2.45, 2.75) is 0 Å². The Morgan fingerprint density at radius 2 is 1.66 bits per heavy atom. The molecule has 7 heteroatoms. The van der Waals surface area contributed by atoms with Crippen LogP contribution in [0.4, 0.5) is 11.4 Å². The van der Waals surface area contributed by atoms with Crippen molar-refractivity contribution >= 4 is 28.8 Å². The highest BCUT2D eigenvalue weighted by molar-refractivity contribution is 6.31. The Bertz CT molecular complexity index is 999. The van der Waals surface area contributed by atoms with E-state index in [1.54, 1.807) is 24.4 Å². The minimum absolute atomic E-state index is 0.373. The van der Waals surface area contributed by atoms with Crippen LogP contribution in [0.1, 0.15) is 15.9 Å². The number of nitrogens with one attached hydrogen (secondary N) is 2. The first-order valence-corrected chi connectivity index (χ1v) is 9.52. The molecule has 2 aliphatic heterocycles. The van der Waals surface area contributed by atoms with Crippen LogP contribution in [0.2, 0.25) is 0 Å². The molecular formula is C22H21N5O2. The van der Waals surface area contributed by atoms with Crippen LogP contribution in [0.3, 0.4) is 0 Å². The number of amides is 2. The molecule has 7 nitrogen and oxygen atoms in total. The molecule has 2 aliphatic rings. The van der Waals surface area contributed by atoms with Crippen molar-refractivity contribution in [1.29, 1.82) is 5.26 Å². The number of hydrogen-bond acceptors (Lipinski definition) is 6. The lowest BCUT2D eigenvalue weighted by Gasteiger charge is -2.35. The summed E-state index contributed by atoms with van der Waals surface area (Å²) in [5, 5.41) is 14.3. The van der Waals surface area contributed by atoms with Crippen molar-refractivity contribution in [2.75, 3.05) is 42.9 Å². The Balaban J connectivity index is 1.45. The minimum Gasteiger partial charge on any atom is -0.369 e. The van der Waals surface area contributed by atoms with Gasteiger partial charge in [0.2, 0.25) is 0 Å². The second-order valence-corrected chi connectivity index (χ2v) is 7.00. The molecule has 0 spiro atoms. The van der Waals surface area contributed by atoms with Crippen molar-refractivity contribution in [3.8, 4) is 6.07 Å². The number of hydrogen-bond donors (Lipinski definition) is 2. The summed E-state index contributed by atoms with van der Waals surface area (Å²) in [5.74, 6) is -0.782. The first-order chi connectivity index (χ1) is 14.2. The smallest absolute Gasteiger partial charge is 0.260 e. The van der Waals surface area contributed by atoms with Crippen LogP contribution in [0.25, 0.3) is 5.57 Å². The average molecular weight is 387 g/mol. The van der Waals surface area contributed by atoms with E-state index in [-0.39, 0.29) is 5.91 Å². The molecule has 2 heterocycles. The summed E-state index contributed by atoms with van der Waals surface area (Å²) >= 11 is 0. The number of rotatable bonds is 4. The molecule has 0 radical (unpaired) electrons. The first-order valence-electron chi connectivity index (χ1n) is 9.52. The fraction of sp³-hybridized carbons (Fsp3) is 0.227. The first kappa shape index (κ1) is 18.7. The predicted molar refractivity (Wildman–Crippen MR) is 111 cm³/mol. The second kappa shape index (κ2) is 8.17. The molecule has 2 aromatic rings. The summed E-state index contributed by atoms with van der Waals surface area (Å²) in [6.07, 6.45) is 1.64. The third kappa shape index (κ3) is 3.98. The second-order valence-electron chi connectivity index (χ2n) is 7.00. The Morgan fingerprint density at radius 3 is 2.34 bits per heavy atom. The predicted octanol–water partition coefficient (Wildman–Crippen LogP) is 2.06. The zero-order valence-corrected chi connectivity index (χ0v) is 15.9. The van der Waals surface area contributed by atoms with Gasteiger partial charge in [-0.1, -0.05) is 18.2 Å². The Labute approximate surface area is 169 Å². The molecule has 2 amide bonds. The van der Waals surface area contributed by atoms with Crippen LogP contribution < -0.4 is 15.5 Å². The monoisotopic (exact) mass is 387 g/mol. The van der Waals surface area contributed by atoms with Crippen LogP contribution in [-0.4, -0.2) is 49.4 Å². The Hall–Kier alpha value is -3.63. The van der Waals surface area contributed by atoms with Gasteiger partial charge >= 0.3 is 0 Å². The van der Waals surface area contributed by atoms with Crippen LogP contribution in [0, 0.1) is 11.3 Å². The maximum atomic E-state index is 12.3. The molecule has 1 fully saturated rings. The van der Waals surface area contributed by atoms with E-state index in [0.29, 0.717) is 23.2 Å². The number of carbonyl (C=O) groups is 2. The number of piperazine rings is 1. The van der Waals surface area contributed by atoms with E-state index in [9.17, 15) is 9.59 Å². The number of nitriles is 1. The molecule has 29 heavy (non-hydrogen) atoms. The van der Waals surface area contributed by atoms with E-state index in [4.69, 9.17) is 5.26 Å². The van der Waals surface area contributed by atoms with Crippen molar-refractivity contribution in [1.82, 2.24) is 10.2 Å². The lowest BCUT2D eigenvalue weighted by atomic mass is 9.96. The van der Waals surface area contributed by atoms with E-state index >= 15 is 0 Å². The van der Waals surface area contributed by atoms with Gasteiger partial charge in [0, 0.05) is 54.9 Å². The number of imide groups is 1. The topological polar surface area (TPSA) is 88.5 Å². The van der Waals surface area contributed by atoms with Crippen LogP contribution in [-0.2, 0) is 4.79 Å². The normalized spacial score (nSPS) is 18.2. The van der Waals surface area contributed by atoms with E-state index in [1.165, 1.54) is 0 Å². The van der Waals surface area contributed by atoms with Gasteiger partial charge < -0.3 is 10.2 Å². The van der Waals surface area contributed by atoms with Gasteiger partial charge in [-0.25, -0.2) is 0 Å². The molecule has 1 saturated heterocycles. The molecule has 0 aliphatic carbocycles. The van der Waals surface area contributed by atoms with Crippen molar-refractivity contribution in [3.05, 3.63) is 65.9 Å². The number of carbonyl (C=O) groups excluding carboxylic acids is 2. The van der Waals surface area contributed by atoms with Crippen molar-refractivity contribution in [3.63, 3.8) is 0 Å². The third-order valence-electron chi connectivity index (χ3n) is 5.22. The molecule has 2 aromatic carbocycles. The molecule has 0 aromatic heterocycles. The molecule has 0 saturated carbocycles. The molecule has 146 valence electrons. The van der Waals surface area contributed by atoms with Crippen molar-refractivity contribution in [2.24, 2.45) is 0 Å². The number of nitrogens with zero attached hydrogens (tertiary/aromatic N) is 3. The van der Waals surface area contributed by atoms with E-state index < -0.39 is 5.91 Å². The SMILES string of the molecule is N#CCN1CCN(c2ccc(NC=C3C(=O)NC(=O)c4ccccc43)cc2)CC1. The van der Waals surface area contributed by atoms with Gasteiger partial charge in [0.1, 0.15) is 0 Å². The zero-order chi connectivity index (χ0) is 20.2. The summed E-state index contributed by atoms with van der Waals surface area (Å²) in [7, 11) is 0. The summed E-state index contributed by atoms with van der Waals surface area (Å²) in [4.78, 5) is 28.7. The van der Waals surface area contributed by atoms with Crippen LogP contribution >= 0.6 is 0 Å². The van der Waals surface area contributed by atoms with Gasteiger partial charge in [-0.3, -0.25) is 19.8 Å². The molecular weight excluding hydrogens is 366 g/mol. The average Bonchev–Trinajstić information content (AvgIpc) is 2.75. The fourth-order valence-corrected chi connectivity index (χ4v) is 3.61. The Morgan fingerprint density at radius 1 is 0.966 bits per heavy atom. The quantitative estimate of drug-likeness (QED) is 0.474. The number of anilines is 2. The third-order valence-corrected chi connectivity index (χ3v) is 5.22. The number of fused-ring (bicyclic) bond motifs is 1. The zero-order valence-electron chi connectivity index (χ0n) is 15.9. The standard InChI is InChI=1S/C22H21N5O2/c23-9-10-26-11-13-27(14-12-26)17-7-5-16(6-8-17)24-15-20-18-3-1-2-4-19(18)21(28)25-22(20)29/h1-8,15,24H,10-14H2,(H,25,28,29). The summed E-state index contributed by atoms with van der Waals surface area (Å²) in [5.41, 5.74) is 3.53. The highest BCUT2D eigenvalue weighted by Gasteiger charge is 2.26. The lowest BCUT2D eigenvalue weighted by Crippen LogP contribution is -2.46.